The van der Waals surface area contributed by atoms with Gasteiger partial charge in [-0.05, 0) is 59.8 Å². The molecule has 2 heterocycles. The molecule has 2 aliphatic rings. The van der Waals surface area contributed by atoms with Crippen molar-refractivity contribution in [2.24, 2.45) is 5.92 Å². The number of nitrogens with one attached hydrogen (secondary N) is 2. The van der Waals surface area contributed by atoms with Crippen LogP contribution in [0.15, 0.2) is 72.8 Å². The molecule has 2 saturated heterocycles. The molecule has 31 heavy (non-hydrogen) atoms. The second-order valence-electron chi connectivity index (χ2n) is 8.77. The first-order valence-electron chi connectivity index (χ1n) is 11.0. The number of piperidine rings is 1. The summed E-state index contributed by atoms with van der Waals surface area (Å²) in [6, 6.07) is 24.7. The summed E-state index contributed by atoms with van der Waals surface area (Å²) in [6.45, 7) is 2.73. The Labute approximate surface area is 182 Å². The minimum atomic E-state index is -0.854. The second kappa shape index (κ2) is 8.16. The van der Waals surface area contributed by atoms with Crippen LogP contribution in [-0.4, -0.2) is 35.5 Å². The first-order valence-corrected chi connectivity index (χ1v) is 11.0. The van der Waals surface area contributed by atoms with E-state index in [4.69, 9.17) is 0 Å². The molecule has 5 heteroatoms. The number of imide groups is 1. The molecular formula is C26H27N3O2. The van der Waals surface area contributed by atoms with Gasteiger partial charge in [-0.25, -0.2) is 4.79 Å². The van der Waals surface area contributed by atoms with Crippen molar-refractivity contribution >= 4 is 22.7 Å². The highest BCUT2D eigenvalue weighted by Crippen LogP contribution is 2.34. The number of rotatable bonds is 5. The van der Waals surface area contributed by atoms with E-state index in [0.29, 0.717) is 6.42 Å². The number of likely N-dealkylation sites (tertiary alicyclic amines) is 1. The van der Waals surface area contributed by atoms with E-state index in [-0.39, 0.29) is 17.9 Å². The fraction of sp³-hybridized carbons (Fsp3) is 0.308. The van der Waals surface area contributed by atoms with Gasteiger partial charge in [-0.2, -0.15) is 0 Å². The molecule has 3 aromatic carbocycles. The molecule has 2 N–H and O–H groups in total. The lowest BCUT2D eigenvalue weighted by Crippen LogP contribution is -2.57. The van der Waals surface area contributed by atoms with E-state index in [1.807, 2.05) is 30.3 Å². The summed E-state index contributed by atoms with van der Waals surface area (Å²) in [6.07, 6.45) is 2.29. The number of amides is 3. The van der Waals surface area contributed by atoms with Crippen molar-refractivity contribution in [3.8, 4) is 0 Å². The SMILES string of the molecule is O=C1NC(=O)C(Cc2ccccc2)(C2CCN(Cc3ccc4ccccc4c3)CC2)N1. The first-order chi connectivity index (χ1) is 15.1. The maximum absolute atomic E-state index is 12.9. The monoisotopic (exact) mass is 413 g/mol. The van der Waals surface area contributed by atoms with Gasteiger partial charge in [0.1, 0.15) is 5.54 Å². The zero-order chi connectivity index (χ0) is 21.3. The van der Waals surface area contributed by atoms with Gasteiger partial charge in [0.15, 0.2) is 0 Å². The Morgan fingerprint density at radius 3 is 2.26 bits per heavy atom. The Hall–Kier alpha value is -3.18. The minimum absolute atomic E-state index is 0.118. The van der Waals surface area contributed by atoms with Gasteiger partial charge < -0.3 is 5.32 Å². The molecular weight excluding hydrogens is 386 g/mol. The van der Waals surface area contributed by atoms with Crippen LogP contribution in [0.5, 0.6) is 0 Å². The van der Waals surface area contributed by atoms with E-state index in [2.05, 4.69) is 58.0 Å². The molecule has 1 atom stereocenters. The smallest absolute Gasteiger partial charge is 0.322 e. The lowest BCUT2D eigenvalue weighted by atomic mass is 9.74. The highest BCUT2D eigenvalue weighted by molar-refractivity contribution is 6.07. The molecule has 0 spiro atoms. The maximum atomic E-state index is 12.9. The van der Waals surface area contributed by atoms with Gasteiger partial charge >= 0.3 is 6.03 Å². The molecule has 2 aliphatic heterocycles. The Kier molecular flexibility index (Phi) is 5.20. The summed E-state index contributed by atoms with van der Waals surface area (Å²) in [5, 5.41) is 8.02. The van der Waals surface area contributed by atoms with E-state index in [1.54, 1.807) is 0 Å². The zero-order valence-corrected chi connectivity index (χ0v) is 17.5. The van der Waals surface area contributed by atoms with Gasteiger partial charge in [0.05, 0.1) is 0 Å². The van der Waals surface area contributed by atoms with Crippen LogP contribution in [0.1, 0.15) is 24.0 Å². The Morgan fingerprint density at radius 2 is 1.55 bits per heavy atom. The molecule has 0 aliphatic carbocycles. The van der Waals surface area contributed by atoms with Crippen LogP contribution >= 0.6 is 0 Å². The van der Waals surface area contributed by atoms with Gasteiger partial charge in [0, 0.05) is 13.0 Å². The average molecular weight is 414 g/mol. The van der Waals surface area contributed by atoms with Crippen molar-refractivity contribution in [1.82, 2.24) is 15.5 Å². The van der Waals surface area contributed by atoms with Crippen LogP contribution in [0.4, 0.5) is 4.79 Å². The summed E-state index contributed by atoms with van der Waals surface area (Å²) >= 11 is 0. The summed E-state index contributed by atoms with van der Waals surface area (Å²) in [7, 11) is 0. The van der Waals surface area contributed by atoms with Gasteiger partial charge in [0.25, 0.3) is 5.91 Å². The number of hydrogen-bond donors (Lipinski definition) is 2. The van der Waals surface area contributed by atoms with Crippen molar-refractivity contribution in [1.29, 1.82) is 0 Å². The molecule has 3 amide bonds. The van der Waals surface area contributed by atoms with Gasteiger partial charge in [-0.3, -0.25) is 15.0 Å². The van der Waals surface area contributed by atoms with Crippen molar-refractivity contribution in [2.75, 3.05) is 13.1 Å². The molecule has 2 fully saturated rings. The van der Waals surface area contributed by atoms with Crippen LogP contribution in [0.2, 0.25) is 0 Å². The average Bonchev–Trinajstić information content (AvgIpc) is 3.08. The van der Waals surface area contributed by atoms with E-state index < -0.39 is 5.54 Å². The fourth-order valence-corrected chi connectivity index (χ4v) is 5.16. The number of fused-ring (bicyclic) bond motifs is 1. The Balaban J connectivity index is 1.29. The van der Waals surface area contributed by atoms with Crippen LogP contribution < -0.4 is 10.6 Å². The summed E-state index contributed by atoms with van der Waals surface area (Å²) in [5.74, 6) is -0.0682. The number of carbonyl (C=O) groups is 2. The topological polar surface area (TPSA) is 61.4 Å². The molecule has 0 radical (unpaired) electrons. The van der Waals surface area contributed by atoms with Gasteiger partial charge in [0.2, 0.25) is 0 Å². The quantitative estimate of drug-likeness (QED) is 0.624. The van der Waals surface area contributed by atoms with E-state index in [1.165, 1.54) is 16.3 Å². The lowest BCUT2D eigenvalue weighted by molar-refractivity contribution is -0.126. The van der Waals surface area contributed by atoms with Crippen molar-refractivity contribution in [3.63, 3.8) is 0 Å². The maximum Gasteiger partial charge on any atom is 0.322 e. The summed E-state index contributed by atoms with van der Waals surface area (Å²) < 4.78 is 0. The number of nitrogens with zero attached hydrogens (tertiary/aromatic N) is 1. The molecule has 0 aromatic heterocycles. The molecule has 0 saturated carbocycles. The third-order valence-corrected chi connectivity index (χ3v) is 6.80. The predicted octanol–water partition coefficient (Wildman–Crippen LogP) is 3.87. The van der Waals surface area contributed by atoms with Crippen molar-refractivity contribution < 1.29 is 9.59 Å². The van der Waals surface area contributed by atoms with Gasteiger partial charge in [-0.15, -0.1) is 0 Å². The van der Waals surface area contributed by atoms with E-state index in [9.17, 15) is 9.59 Å². The fourth-order valence-electron chi connectivity index (χ4n) is 5.16. The number of hydrogen-bond acceptors (Lipinski definition) is 3. The third kappa shape index (κ3) is 3.93. The first kappa shape index (κ1) is 19.8. The highest BCUT2D eigenvalue weighted by atomic mass is 16.2. The largest absolute Gasteiger partial charge is 0.323 e. The predicted molar refractivity (Wildman–Crippen MR) is 122 cm³/mol. The van der Waals surface area contributed by atoms with Crippen LogP contribution in [0, 0.1) is 5.92 Å². The molecule has 0 bridgehead atoms. The number of carbonyl (C=O) groups excluding carboxylic acids is 2. The van der Waals surface area contributed by atoms with E-state index in [0.717, 1.165) is 38.0 Å². The molecule has 5 rings (SSSR count). The number of urea groups is 1. The van der Waals surface area contributed by atoms with Gasteiger partial charge in [-0.1, -0.05) is 66.7 Å². The molecule has 3 aromatic rings. The van der Waals surface area contributed by atoms with Crippen LogP contribution in [0.3, 0.4) is 0 Å². The normalized spacial score (nSPS) is 22.5. The van der Waals surface area contributed by atoms with Crippen LogP contribution in [-0.2, 0) is 17.8 Å². The molecule has 5 nitrogen and oxygen atoms in total. The lowest BCUT2D eigenvalue weighted by Gasteiger charge is -2.40. The summed E-state index contributed by atoms with van der Waals surface area (Å²) in [4.78, 5) is 27.4. The van der Waals surface area contributed by atoms with Crippen molar-refractivity contribution in [3.05, 3.63) is 83.9 Å². The summed E-state index contributed by atoms with van der Waals surface area (Å²) in [5.41, 5.74) is 1.52. The standard InChI is InChI=1S/C26H27N3O2/c30-24-26(28-25(31)27-24,17-19-6-2-1-3-7-19)23-12-14-29(15-13-23)18-20-10-11-21-8-4-5-9-22(21)16-20/h1-11,16,23H,12-15,17-18H2,(H2,27,28,30,31). The van der Waals surface area contributed by atoms with E-state index >= 15 is 0 Å². The molecule has 1 unspecified atom stereocenters. The zero-order valence-electron chi connectivity index (χ0n) is 17.5. The van der Waals surface area contributed by atoms with Crippen molar-refractivity contribution in [2.45, 2.75) is 31.3 Å². The second-order valence-corrected chi connectivity index (χ2v) is 8.77. The molecule has 158 valence electrons. The van der Waals surface area contributed by atoms with Crippen LogP contribution in [0.25, 0.3) is 10.8 Å². The number of benzene rings is 3. The Morgan fingerprint density at radius 1 is 0.839 bits per heavy atom. The highest BCUT2D eigenvalue weighted by Gasteiger charge is 2.52. The Bertz CT molecular complexity index is 1110. The third-order valence-electron chi connectivity index (χ3n) is 6.80. The minimum Gasteiger partial charge on any atom is -0.323 e.